The minimum atomic E-state index is -2.00. The molecule has 14 N–H and O–H groups in total. The van der Waals surface area contributed by atoms with Crippen molar-refractivity contribution in [3.63, 3.8) is 0 Å². The van der Waals surface area contributed by atoms with E-state index in [1.54, 1.807) is 0 Å². The first-order chi connectivity index (χ1) is 34.7. The van der Waals surface area contributed by atoms with Crippen LogP contribution in [0.3, 0.4) is 0 Å². The molecule has 32 atom stereocenters. The molecule has 73 heavy (non-hydrogen) atoms. The van der Waals surface area contributed by atoms with Gasteiger partial charge >= 0.3 is 0 Å². The molecule has 0 spiro atoms. The van der Waals surface area contributed by atoms with Crippen molar-refractivity contribution in [3.8, 4) is 0 Å². The summed E-state index contributed by atoms with van der Waals surface area (Å²) < 4.78 is 54.7. The third-order valence-corrected chi connectivity index (χ3v) is 20.1. The van der Waals surface area contributed by atoms with Gasteiger partial charge in [0.2, 0.25) is 0 Å². The SMILES string of the molecule is C[C@@H]1CN[C@H]2[C@@H](C)[C@H]3[C@H](C[C@@H]4[C@@H]5CC[C@H]6C[C@@H](O[C@@H]7O[C@H](CO)[C@H](O[C@@H]8O[C@H](CO)[C@@H](O)[C@H](O[C@@H]9OC[C@@H](O)[C@H](O)[C@H]9O)[C@H]8O[C@@H]8O[C@H](CO)[C@@H](O)[C@H](O)[C@H]8O)[C@H](O)[C@H]7O)CC[C@]6(C)[C@H]5CC[C@]34C)O[C@]2(O)C1. The quantitative estimate of drug-likeness (QED) is 0.0885. The van der Waals surface area contributed by atoms with Crippen molar-refractivity contribution < 1.29 is 109 Å². The maximum atomic E-state index is 11.9. The summed E-state index contributed by atoms with van der Waals surface area (Å²) in [6.07, 6.45) is -25.1. The second-order valence-corrected chi connectivity index (χ2v) is 24.2. The van der Waals surface area contributed by atoms with Crippen molar-refractivity contribution in [3.05, 3.63) is 0 Å². The lowest BCUT2D eigenvalue weighted by molar-refractivity contribution is -0.404. The lowest BCUT2D eigenvalue weighted by Gasteiger charge is -2.62. The number of aliphatic hydroxyl groups excluding tert-OH is 12. The number of hydrogen-bond donors (Lipinski definition) is 14. The Bertz CT molecular complexity index is 1880. The summed E-state index contributed by atoms with van der Waals surface area (Å²) in [4.78, 5) is 0. The summed E-state index contributed by atoms with van der Waals surface area (Å²) in [6.45, 7) is 7.28. The number of ether oxygens (including phenoxy) is 9. The minimum Gasteiger partial charge on any atom is -0.394 e. The van der Waals surface area contributed by atoms with Crippen molar-refractivity contribution in [2.75, 3.05) is 33.0 Å². The Morgan fingerprint density at radius 3 is 1.92 bits per heavy atom. The molecule has 0 aromatic heterocycles. The maximum Gasteiger partial charge on any atom is 0.187 e. The molecule has 6 saturated heterocycles. The van der Waals surface area contributed by atoms with E-state index in [0.717, 1.165) is 45.1 Å². The topological polar surface area (TPSA) is 358 Å². The third kappa shape index (κ3) is 9.59. The smallest absolute Gasteiger partial charge is 0.187 e. The zero-order valence-corrected chi connectivity index (χ0v) is 42.1. The Morgan fingerprint density at radius 1 is 0.575 bits per heavy atom. The molecule has 4 aliphatic carbocycles. The van der Waals surface area contributed by atoms with Gasteiger partial charge in [0.1, 0.15) is 91.6 Å². The van der Waals surface area contributed by atoms with Gasteiger partial charge in [0.05, 0.1) is 44.7 Å². The molecular formula is C50H83NO22. The number of aliphatic hydroxyl groups is 13. The molecule has 23 heteroatoms. The van der Waals surface area contributed by atoms with Crippen LogP contribution in [0.15, 0.2) is 0 Å². The maximum absolute atomic E-state index is 11.9. The second-order valence-electron chi connectivity index (χ2n) is 24.2. The van der Waals surface area contributed by atoms with Crippen LogP contribution in [-0.2, 0) is 42.6 Å². The van der Waals surface area contributed by atoms with Crippen LogP contribution in [0.4, 0.5) is 0 Å². The third-order valence-electron chi connectivity index (χ3n) is 20.1. The van der Waals surface area contributed by atoms with Crippen molar-refractivity contribution in [1.82, 2.24) is 5.32 Å². The molecule has 0 unspecified atom stereocenters. The number of nitrogens with one attached hydrogen (secondary N) is 1. The van der Waals surface area contributed by atoms with Crippen molar-refractivity contribution >= 4 is 0 Å². The van der Waals surface area contributed by atoms with Gasteiger partial charge in [-0.25, -0.2) is 0 Å². The molecule has 420 valence electrons. The fourth-order valence-corrected chi connectivity index (χ4v) is 16.3. The lowest BCUT2D eigenvalue weighted by Crippen LogP contribution is -2.68. The Balaban J connectivity index is 0.819. The van der Waals surface area contributed by atoms with Gasteiger partial charge in [-0.2, -0.15) is 0 Å². The van der Waals surface area contributed by atoms with E-state index in [9.17, 15) is 66.4 Å². The number of fused-ring (bicyclic) bond motifs is 8. The molecule has 0 amide bonds. The Labute approximate surface area is 424 Å². The predicted octanol–water partition coefficient (Wildman–Crippen LogP) is -3.73. The van der Waals surface area contributed by atoms with E-state index < -0.39 is 149 Å². The van der Waals surface area contributed by atoms with Crippen LogP contribution >= 0.6 is 0 Å². The van der Waals surface area contributed by atoms with Gasteiger partial charge < -0.3 is 114 Å². The zero-order valence-electron chi connectivity index (χ0n) is 42.1. The summed E-state index contributed by atoms with van der Waals surface area (Å²) in [5.41, 5.74) is 0.159. The van der Waals surface area contributed by atoms with Gasteiger partial charge in [-0.05, 0) is 110 Å². The largest absolute Gasteiger partial charge is 0.394 e. The van der Waals surface area contributed by atoms with Gasteiger partial charge in [0.15, 0.2) is 30.9 Å². The van der Waals surface area contributed by atoms with Crippen LogP contribution in [0.2, 0.25) is 0 Å². The highest BCUT2D eigenvalue weighted by Crippen LogP contribution is 2.70. The van der Waals surface area contributed by atoms with E-state index in [-0.39, 0.29) is 35.0 Å². The second kappa shape index (κ2) is 21.3. The summed E-state index contributed by atoms with van der Waals surface area (Å²) in [5.74, 6) is 1.69. The van der Waals surface area contributed by atoms with E-state index in [0.29, 0.717) is 54.8 Å². The zero-order chi connectivity index (χ0) is 52.2. The Hall–Kier alpha value is -0.920. The Morgan fingerprint density at radius 2 is 1.19 bits per heavy atom. The standard InChI is InChI=1S/C50H83NO22/c1-19-13-50(64)43(51-14-19)20(2)31-27(73-50)12-25-23-6-5-21-11-22(7-9-48(21,3)24(23)8-10-49(25,31)4)66-45-39(63)36(60)40(30(17-54)69-45)70-47-42(72-46-38(62)35(59)33(57)28(15-52)67-46)41(34(58)29(16-53)68-47)71-44-37(61)32(56)26(55)18-65-44/h19-47,51-64H,5-18H2,1-4H3/t19-,20-,21-,22-,23+,24-,25+,26+,27-,28+,29+,30+,31-,32-,33+,34+,35-,36+,37+,38+,39+,40-,41-,42+,43-,44-,45+,46-,47-,48-,49-,50+/m0/s1. The van der Waals surface area contributed by atoms with Gasteiger partial charge in [-0.1, -0.05) is 27.7 Å². The molecule has 23 nitrogen and oxygen atoms in total. The van der Waals surface area contributed by atoms with Gasteiger partial charge in [-0.3, -0.25) is 0 Å². The highest BCUT2D eigenvalue weighted by Gasteiger charge is 2.68. The summed E-state index contributed by atoms with van der Waals surface area (Å²) in [5, 5.41) is 145. The molecular weight excluding hydrogens is 967 g/mol. The van der Waals surface area contributed by atoms with Crippen molar-refractivity contribution in [2.24, 2.45) is 52.3 Å². The molecule has 4 saturated carbocycles. The van der Waals surface area contributed by atoms with Gasteiger partial charge in [0, 0.05) is 6.42 Å². The first kappa shape index (κ1) is 55.4. The molecule has 0 aromatic rings. The van der Waals surface area contributed by atoms with Crippen molar-refractivity contribution in [2.45, 2.75) is 226 Å². The summed E-state index contributed by atoms with van der Waals surface area (Å²) in [7, 11) is 0. The molecule has 6 heterocycles. The Kier molecular flexibility index (Phi) is 16.1. The molecule has 0 radical (unpaired) electrons. The molecule has 0 bridgehead atoms. The number of rotatable bonds is 11. The highest BCUT2D eigenvalue weighted by atomic mass is 16.8. The van der Waals surface area contributed by atoms with Crippen LogP contribution in [0.25, 0.3) is 0 Å². The molecule has 10 aliphatic rings. The van der Waals surface area contributed by atoms with Crippen LogP contribution in [0, 0.1) is 52.3 Å². The lowest BCUT2D eigenvalue weighted by atomic mass is 9.44. The van der Waals surface area contributed by atoms with E-state index >= 15 is 0 Å². The van der Waals surface area contributed by atoms with E-state index in [4.69, 9.17) is 42.6 Å². The number of piperidine rings is 1. The molecule has 6 aliphatic heterocycles. The summed E-state index contributed by atoms with van der Waals surface area (Å²) >= 11 is 0. The van der Waals surface area contributed by atoms with Crippen LogP contribution in [0.1, 0.15) is 85.5 Å². The van der Waals surface area contributed by atoms with Gasteiger partial charge in [0.25, 0.3) is 0 Å². The minimum absolute atomic E-state index is 0.0262. The average molecular weight is 1050 g/mol. The predicted molar refractivity (Wildman–Crippen MR) is 246 cm³/mol. The fraction of sp³-hybridized carbons (Fsp3) is 1.00. The molecule has 0 aromatic carbocycles. The summed E-state index contributed by atoms with van der Waals surface area (Å²) in [6, 6.07) is -0.0811. The first-order valence-electron chi connectivity index (χ1n) is 26.9. The van der Waals surface area contributed by atoms with E-state index in [1.807, 2.05) is 0 Å². The van der Waals surface area contributed by atoms with E-state index in [1.165, 1.54) is 0 Å². The molecule has 10 rings (SSSR count). The highest BCUT2D eigenvalue weighted by molar-refractivity contribution is 5.16. The van der Waals surface area contributed by atoms with E-state index in [2.05, 4.69) is 33.0 Å². The fourth-order valence-electron chi connectivity index (χ4n) is 16.3. The number of hydrogen-bond acceptors (Lipinski definition) is 23. The molecule has 10 fully saturated rings. The monoisotopic (exact) mass is 1050 g/mol. The van der Waals surface area contributed by atoms with Crippen LogP contribution in [-0.4, -0.2) is 240 Å². The van der Waals surface area contributed by atoms with Gasteiger partial charge in [-0.15, -0.1) is 0 Å². The van der Waals surface area contributed by atoms with Crippen LogP contribution in [0.5, 0.6) is 0 Å². The van der Waals surface area contributed by atoms with Crippen molar-refractivity contribution in [1.29, 1.82) is 0 Å². The average Bonchev–Trinajstić information content (AvgIpc) is 3.66. The first-order valence-corrected chi connectivity index (χ1v) is 26.9. The van der Waals surface area contributed by atoms with Crippen LogP contribution < -0.4 is 5.32 Å². The normalized spacial score (nSPS) is 58.2.